The van der Waals surface area contributed by atoms with Crippen LogP contribution in [0.4, 0.5) is 0 Å². The maximum absolute atomic E-state index is 12.8. The maximum Gasteiger partial charge on any atom is 0.270 e. The van der Waals surface area contributed by atoms with Gasteiger partial charge < -0.3 is 14.8 Å². The van der Waals surface area contributed by atoms with Crippen molar-refractivity contribution in [3.05, 3.63) is 59.2 Å². The van der Waals surface area contributed by atoms with Gasteiger partial charge in [0, 0.05) is 23.2 Å². The number of methoxy groups -OCH3 is 2. The van der Waals surface area contributed by atoms with Crippen molar-refractivity contribution in [3.63, 3.8) is 0 Å². The molecule has 7 heteroatoms. The quantitative estimate of drug-likeness (QED) is 0.542. The van der Waals surface area contributed by atoms with Gasteiger partial charge in [-0.1, -0.05) is 24.9 Å². The molecule has 6 nitrogen and oxygen atoms in total. The summed E-state index contributed by atoms with van der Waals surface area (Å²) in [5, 5.41) is 8.26. The topological polar surface area (TPSA) is 65.4 Å². The van der Waals surface area contributed by atoms with Crippen molar-refractivity contribution in [1.82, 2.24) is 15.1 Å². The normalized spacial score (nSPS) is 10.6. The highest BCUT2D eigenvalue weighted by Crippen LogP contribution is 2.33. The summed E-state index contributed by atoms with van der Waals surface area (Å²) in [5.41, 5.74) is 2.58. The Morgan fingerprint density at radius 1 is 1.10 bits per heavy atom. The predicted molar refractivity (Wildman–Crippen MR) is 114 cm³/mol. The summed E-state index contributed by atoms with van der Waals surface area (Å²) >= 11 is 6.02. The molecular formula is C22H24ClN3O3. The molecule has 0 radical (unpaired) electrons. The van der Waals surface area contributed by atoms with Crippen molar-refractivity contribution in [2.75, 3.05) is 20.8 Å². The van der Waals surface area contributed by atoms with E-state index in [2.05, 4.69) is 17.3 Å². The van der Waals surface area contributed by atoms with E-state index in [0.717, 1.165) is 24.1 Å². The van der Waals surface area contributed by atoms with Crippen LogP contribution in [-0.4, -0.2) is 36.5 Å². The number of unbranched alkanes of at least 4 members (excludes halogenated alkanes) is 1. The summed E-state index contributed by atoms with van der Waals surface area (Å²) in [7, 11) is 3.19. The number of hydrogen-bond donors (Lipinski definition) is 1. The molecule has 1 amide bonds. The number of hydrogen-bond acceptors (Lipinski definition) is 4. The number of aromatic nitrogens is 2. The molecule has 0 unspecified atom stereocenters. The van der Waals surface area contributed by atoms with E-state index < -0.39 is 0 Å². The molecule has 152 valence electrons. The molecule has 0 saturated carbocycles. The molecule has 2 aromatic carbocycles. The molecule has 0 atom stereocenters. The number of carbonyl (C=O) groups is 1. The molecule has 0 aliphatic carbocycles. The Morgan fingerprint density at radius 3 is 2.52 bits per heavy atom. The highest BCUT2D eigenvalue weighted by atomic mass is 35.5. The highest BCUT2D eigenvalue weighted by molar-refractivity contribution is 6.30. The van der Waals surface area contributed by atoms with E-state index >= 15 is 0 Å². The number of amides is 1. The fraction of sp³-hybridized carbons (Fsp3) is 0.273. The van der Waals surface area contributed by atoms with E-state index in [0.29, 0.717) is 34.5 Å². The van der Waals surface area contributed by atoms with E-state index in [1.165, 1.54) is 0 Å². The molecule has 3 rings (SSSR count). The first-order chi connectivity index (χ1) is 14.1. The van der Waals surface area contributed by atoms with E-state index in [1.807, 2.05) is 24.3 Å². The van der Waals surface area contributed by atoms with Gasteiger partial charge in [-0.3, -0.25) is 4.79 Å². The lowest BCUT2D eigenvalue weighted by Gasteiger charge is -2.09. The highest BCUT2D eigenvalue weighted by Gasteiger charge is 2.19. The molecule has 0 aliphatic rings. The molecule has 0 saturated heterocycles. The SMILES string of the molecule is CCCCNC(=O)c1cc(-c2ccc(OC)cc2OC)nn1-c1ccc(Cl)cc1. The summed E-state index contributed by atoms with van der Waals surface area (Å²) in [4.78, 5) is 12.8. The lowest BCUT2D eigenvalue weighted by Crippen LogP contribution is -2.26. The van der Waals surface area contributed by atoms with E-state index in [4.69, 9.17) is 21.1 Å². The Labute approximate surface area is 175 Å². The van der Waals surface area contributed by atoms with Crippen LogP contribution in [0.3, 0.4) is 0 Å². The standard InChI is InChI=1S/C22H24ClN3O3/c1-4-5-12-24-22(27)20-14-19(18-11-10-17(28-2)13-21(18)29-3)25-26(20)16-8-6-15(23)7-9-16/h6-11,13-14H,4-5,12H2,1-3H3,(H,24,27). The average molecular weight is 414 g/mol. The van der Waals surface area contributed by atoms with Gasteiger partial charge in [0.1, 0.15) is 17.2 Å². The van der Waals surface area contributed by atoms with Gasteiger partial charge in [-0.15, -0.1) is 0 Å². The van der Waals surface area contributed by atoms with Crippen LogP contribution in [0.15, 0.2) is 48.5 Å². The fourth-order valence-corrected chi connectivity index (χ4v) is 3.06. The molecule has 1 N–H and O–H groups in total. The van der Waals surface area contributed by atoms with Crippen LogP contribution in [0, 0.1) is 0 Å². The zero-order chi connectivity index (χ0) is 20.8. The number of halogens is 1. The van der Waals surface area contributed by atoms with Crippen LogP contribution in [0.1, 0.15) is 30.3 Å². The van der Waals surface area contributed by atoms with E-state index in [1.54, 1.807) is 43.2 Å². The van der Waals surface area contributed by atoms with Gasteiger partial charge in [0.25, 0.3) is 5.91 Å². The molecule has 3 aromatic rings. The van der Waals surface area contributed by atoms with Gasteiger partial charge in [-0.05, 0) is 48.9 Å². The summed E-state index contributed by atoms with van der Waals surface area (Å²) in [5.74, 6) is 1.11. The molecule has 29 heavy (non-hydrogen) atoms. The first-order valence-corrected chi connectivity index (χ1v) is 9.81. The third-order valence-corrected chi connectivity index (χ3v) is 4.77. The summed E-state index contributed by atoms with van der Waals surface area (Å²) in [6.07, 6.45) is 1.92. The van der Waals surface area contributed by atoms with Crippen LogP contribution in [0.5, 0.6) is 11.5 Å². The van der Waals surface area contributed by atoms with E-state index in [9.17, 15) is 4.79 Å². The second-order valence-corrected chi connectivity index (χ2v) is 6.92. The van der Waals surface area contributed by atoms with Crippen molar-refractivity contribution < 1.29 is 14.3 Å². The molecule has 0 aliphatic heterocycles. The monoisotopic (exact) mass is 413 g/mol. The van der Waals surface area contributed by atoms with Crippen LogP contribution in [0.2, 0.25) is 5.02 Å². The Morgan fingerprint density at radius 2 is 1.86 bits per heavy atom. The second kappa shape index (κ2) is 9.47. The largest absolute Gasteiger partial charge is 0.497 e. The third kappa shape index (κ3) is 4.71. The number of carbonyl (C=O) groups excluding carboxylic acids is 1. The van der Waals surface area contributed by atoms with Crippen LogP contribution in [-0.2, 0) is 0 Å². The summed E-state index contributed by atoms with van der Waals surface area (Å²) < 4.78 is 12.4. The fourth-order valence-electron chi connectivity index (χ4n) is 2.93. The van der Waals surface area contributed by atoms with Crippen LogP contribution >= 0.6 is 11.6 Å². The van der Waals surface area contributed by atoms with Gasteiger partial charge >= 0.3 is 0 Å². The summed E-state index contributed by atoms with van der Waals surface area (Å²) in [6.45, 7) is 2.69. The van der Waals surface area contributed by atoms with Crippen molar-refractivity contribution >= 4 is 17.5 Å². The average Bonchev–Trinajstić information content (AvgIpc) is 3.19. The number of nitrogens with zero attached hydrogens (tertiary/aromatic N) is 2. The Kier molecular flexibility index (Phi) is 6.77. The van der Waals surface area contributed by atoms with Crippen LogP contribution in [0.25, 0.3) is 16.9 Å². The maximum atomic E-state index is 12.8. The van der Waals surface area contributed by atoms with Gasteiger partial charge in [0.2, 0.25) is 0 Å². The third-order valence-electron chi connectivity index (χ3n) is 4.51. The first kappa shape index (κ1) is 20.7. The van der Waals surface area contributed by atoms with Crippen molar-refractivity contribution in [1.29, 1.82) is 0 Å². The molecule has 1 aromatic heterocycles. The lowest BCUT2D eigenvalue weighted by molar-refractivity contribution is 0.0945. The zero-order valence-electron chi connectivity index (χ0n) is 16.7. The number of nitrogens with one attached hydrogen (secondary N) is 1. The number of rotatable bonds is 8. The van der Waals surface area contributed by atoms with E-state index in [-0.39, 0.29) is 5.91 Å². The molecule has 0 fully saturated rings. The minimum atomic E-state index is -0.181. The zero-order valence-corrected chi connectivity index (χ0v) is 17.5. The van der Waals surface area contributed by atoms with Crippen molar-refractivity contribution in [2.24, 2.45) is 0 Å². The summed E-state index contributed by atoms with van der Waals surface area (Å²) in [6, 6.07) is 14.4. The molecule has 1 heterocycles. The predicted octanol–water partition coefficient (Wildman–Crippen LogP) is 4.74. The second-order valence-electron chi connectivity index (χ2n) is 6.48. The minimum absolute atomic E-state index is 0.181. The van der Waals surface area contributed by atoms with Gasteiger partial charge in [0.05, 0.1) is 25.6 Å². The first-order valence-electron chi connectivity index (χ1n) is 9.44. The van der Waals surface area contributed by atoms with Crippen molar-refractivity contribution in [3.8, 4) is 28.4 Å². The minimum Gasteiger partial charge on any atom is -0.497 e. The lowest BCUT2D eigenvalue weighted by atomic mass is 10.1. The smallest absolute Gasteiger partial charge is 0.270 e. The van der Waals surface area contributed by atoms with Crippen LogP contribution < -0.4 is 14.8 Å². The number of ether oxygens (including phenoxy) is 2. The Balaban J connectivity index is 2.07. The Bertz CT molecular complexity index is 983. The Hall–Kier alpha value is -2.99. The number of benzene rings is 2. The molecule has 0 bridgehead atoms. The van der Waals surface area contributed by atoms with Gasteiger partial charge in [0.15, 0.2) is 0 Å². The van der Waals surface area contributed by atoms with Gasteiger partial charge in [-0.25, -0.2) is 4.68 Å². The molecular weight excluding hydrogens is 390 g/mol. The van der Waals surface area contributed by atoms with Crippen molar-refractivity contribution in [2.45, 2.75) is 19.8 Å². The molecule has 0 spiro atoms. The van der Waals surface area contributed by atoms with Gasteiger partial charge in [-0.2, -0.15) is 5.10 Å².